The Hall–Kier alpha value is -2.85. The molecule has 4 nitrogen and oxygen atoms in total. The van der Waals surface area contributed by atoms with E-state index >= 15 is 0 Å². The fraction of sp³-hybridized carbons (Fsp3) is 0.469. The zero-order valence-electron chi connectivity index (χ0n) is 21.4. The highest BCUT2D eigenvalue weighted by atomic mass is 16.2. The van der Waals surface area contributed by atoms with Crippen molar-refractivity contribution < 1.29 is 4.79 Å². The third-order valence-electron chi connectivity index (χ3n) is 9.54. The minimum absolute atomic E-state index is 0.308. The Kier molecular flexibility index (Phi) is 5.54. The average molecular weight is 480 g/mol. The Balaban J connectivity index is 1.19. The second-order valence-corrected chi connectivity index (χ2v) is 11.7. The molecule has 0 radical (unpaired) electrons. The quantitative estimate of drug-likeness (QED) is 0.439. The van der Waals surface area contributed by atoms with Gasteiger partial charge in [-0.2, -0.15) is 0 Å². The van der Waals surface area contributed by atoms with Crippen molar-refractivity contribution in [1.82, 2.24) is 14.4 Å². The molecule has 5 heterocycles. The smallest absolute Gasteiger partial charge is 0.250 e. The van der Waals surface area contributed by atoms with Crippen molar-refractivity contribution in [2.45, 2.75) is 64.1 Å². The minimum atomic E-state index is 0.308. The van der Waals surface area contributed by atoms with Gasteiger partial charge in [0.15, 0.2) is 0 Å². The summed E-state index contributed by atoms with van der Waals surface area (Å²) >= 11 is 0. The van der Waals surface area contributed by atoms with E-state index in [1.165, 1.54) is 66.4 Å². The lowest BCUT2D eigenvalue weighted by Crippen LogP contribution is -2.66. The first-order valence-corrected chi connectivity index (χ1v) is 14.0. The summed E-state index contributed by atoms with van der Waals surface area (Å²) in [6, 6.07) is 18.6. The highest BCUT2D eigenvalue weighted by Gasteiger charge is 2.51. The molecule has 4 atom stereocenters. The van der Waals surface area contributed by atoms with Crippen LogP contribution in [-0.4, -0.2) is 52.0 Å². The van der Waals surface area contributed by atoms with Gasteiger partial charge in [-0.15, -0.1) is 0 Å². The number of aromatic nitrogens is 1. The number of hydrogen-bond donors (Lipinski definition) is 0. The molecule has 0 saturated carbocycles. The van der Waals surface area contributed by atoms with Crippen molar-refractivity contribution in [1.29, 1.82) is 0 Å². The molecule has 4 aliphatic rings. The van der Waals surface area contributed by atoms with Crippen molar-refractivity contribution in [3.63, 3.8) is 0 Å². The number of benzene rings is 2. The van der Waals surface area contributed by atoms with Gasteiger partial charge in [-0.1, -0.05) is 48.0 Å². The number of para-hydroxylation sites is 1. The van der Waals surface area contributed by atoms with Crippen LogP contribution in [0.5, 0.6) is 0 Å². The zero-order valence-corrected chi connectivity index (χ0v) is 21.4. The molecule has 4 fully saturated rings. The van der Waals surface area contributed by atoms with Crippen LogP contribution in [0.2, 0.25) is 0 Å². The molecule has 0 aliphatic carbocycles. The monoisotopic (exact) mass is 479 g/mol. The van der Waals surface area contributed by atoms with Gasteiger partial charge in [0.05, 0.1) is 0 Å². The summed E-state index contributed by atoms with van der Waals surface area (Å²) in [5.74, 6) is 1.66. The standard InChI is InChI=1S/C32H37N3O/c1-22-10-12-23(13-11-22)19-34-20-26(27-7-2-3-9-29(27)34)18-24-14-15-30-28-8-5-17-33-16-4-6-25(31(28)33)21-35(30)32(24)36/h2-3,7,9-13,18,20,25,28,30-31H,4-6,8,14-17,19,21H2,1H3/b24-18+/t25-,28-,30-,31+/m1/s1. The van der Waals surface area contributed by atoms with Crippen molar-refractivity contribution >= 4 is 22.9 Å². The van der Waals surface area contributed by atoms with Crippen LogP contribution in [0.4, 0.5) is 0 Å². The van der Waals surface area contributed by atoms with Gasteiger partial charge in [-0.05, 0) is 88.1 Å². The first kappa shape index (κ1) is 22.4. The van der Waals surface area contributed by atoms with Crippen LogP contribution >= 0.6 is 0 Å². The number of hydrogen-bond acceptors (Lipinski definition) is 2. The van der Waals surface area contributed by atoms with Gasteiger partial charge in [-0.3, -0.25) is 9.69 Å². The maximum Gasteiger partial charge on any atom is 0.250 e. The van der Waals surface area contributed by atoms with Gasteiger partial charge in [0, 0.05) is 53.4 Å². The molecular weight excluding hydrogens is 442 g/mol. The maximum absolute atomic E-state index is 13.9. The molecule has 0 unspecified atom stereocenters. The molecule has 4 aliphatic heterocycles. The number of carbonyl (C=O) groups excluding carboxylic acids is 1. The molecule has 0 N–H and O–H groups in total. The molecule has 4 heteroatoms. The topological polar surface area (TPSA) is 28.5 Å². The average Bonchev–Trinajstić information content (AvgIpc) is 3.25. The summed E-state index contributed by atoms with van der Waals surface area (Å²) < 4.78 is 2.34. The highest BCUT2D eigenvalue weighted by Crippen LogP contribution is 2.45. The summed E-state index contributed by atoms with van der Waals surface area (Å²) in [5, 5.41) is 1.24. The van der Waals surface area contributed by atoms with E-state index in [9.17, 15) is 4.79 Å². The van der Waals surface area contributed by atoms with Crippen molar-refractivity contribution in [2.24, 2.45) is 11.8 Å². The number of aryl methyl sites for hydroxylation is 1. The molecule has 36 heavy (non-hydrogen) atoms. The molecule has 186 valence electrons. The van der Waals surface area contributed by atoms with Gasteiger partial charge in [0.2, 0.25) is 5.91 Å². The van der Waals surface area contributed by atoms with Crippen molar-refractivity contribution in [2.75, 3.05) is 19.6 Å². The SMILES string of the molecule is Cc1ccc(Cn2cc(/C=C3\CC[C@@H]4[C@H]5CCCN6CCC[C@H](CN4C3=O)[C@@H]56)c3ccccc32)cc1. The molecule has 2 aromatic carbocycles. The Morgan fingerprint density at radius 3 is 2.64 bits per heavy atom. The summed E-state index contributed by atoms with van der Waals surface area (Å²) in [5.41, 5.74) is 6.00. The summed E-state index contributed by atoms with van der Waals surface area (Å²) in [6.07, 6.45) is 11.7. The first-order chi connectivity index (χ1) is 17.7. The molecular formula is C32H37N3O. The summed E-state index contributed by atoms with van der Waals surface area (Å²) in [6.45, 7) is 6.49. The van der Waals surface area contributed by atoms with E-state index in [0.29, 0.717) is 23.8 Å². The first-order valence-electron chi connectivity index (χ1n) is 14.0. The van der Waals surface area contributed by atoms with Gasteiger partial charge in [0.25, 0.3) is 0 Å². The van der Waals surface area contributed by atoms with E-state index in [-0.39, 0.29) is 0 Å². The van der Waals surface area contributed by atoms with Crippen LogP contribution in [-0.2, 0) is 11.3 Å². The maximum atomic E-state index is 13.9. The molecule has 0 spiro atoms. The van der Waals surface area contributed by atoms with Crippen LogP contribution in [0, 0.1) is 18.8 Å². The minimum Gasteiger partial charge on any atom is -0.342 e. The van der Waals surface area contributed by atoms with Gasteiger partial charge < -0.3 is 9.47 Å². The normalized spacial score (nSPS) is 29.4. The molecule has 0 bridgehead atoms. The molecule has 7 rings (SSSR count). The predicted molar refractivity (Wildman–Crippen MR) is 146 cm³/mol. The highest BCUT2D eigenvalue weighted by molar-refractivity contribution is 6.01. The number of fused-ring (bicyclic) bond motifs is 3. The lowest BCUT2D eigenvalue weighted by Gasteiger charge is -2.58. The zero-order chi connectivity index (χ0) is 24.2. The van der Waals surface area contributed by atoms with E-state index in [4.69, 9.17) is 0 Å². The van der Waals surface area contributed by atoms with Crippen molar-refractivity contribution in [3.05, 3.63) is 77.0 Å². The van der Waals surface area contributed by atoms with Gasteiger partial charge in [0.1, 0.15) is 0 Å². The summed E-state index contributed by atoms with van der Waals surface area (Å²) in [4.78, 5) is 19.0. The number of amides is 1. The third kappa shape index (κ3) is 3.73. The largest absolute Gasteiger partial charge is 0.342 e. The van der Waals surface area contributed by atoms with Crippen molar-refractivity contribution in [3.8, 4) is 0 Å². The van der Waals surface area contributed by atoms with E-state index in [1.807, 2.05) is 0 Å². The number of carbonyl (C=O) groups is 1. The lowest BCUT2D eigenvalue weighted by atomic mass is 9.67. The summed E-state index contributed by atoms with van der Waals surface area (Å²) in [7, 11) is 0. The van der Waals surface area contributed by atoms with Crippen LogP contribution in [0.25, 0.3) is 17.0 Å². The van der Waals surface area contributed by atoms with Crippen LogP contribution < -0.4 is 0 Å². The van der Waals surface area contributed by atoms with E-state index in [2.05, 4.69) is 82.1 Å². The fourth-order valence-corrected chi connectivity index (χ4v) is 7.93. The van der Waals surface area contributed by atoms with Crippen LogP contribution in [0.3, 0.4) is 0 Å². The molecule has 3 aromatic rings. The number of rotatable bonds is 3. The Bertz CT molecular complexity index is 1320. The number of piperidine rings is 4. The molecule has 4 saturated heterocycles. The number of nitrogens with zero attached hydrogens (tertiary/aromatic N) is 3. The second-order valence-electron chi connectivity index (χ2n) is 11.7. The van der Waals surface area contributed by atoms with Crippen LogP contribution in [0.1, 0.15) is 55.2 Å². The molecule has 1 amide bonds. The van der Waals surface area contributed by atoms with Gasteiger partial charge >= 0.3 is 0 Å². The Labute approximate surface area is 214 Å². The van der Waals surface area contributed by atoms with E-state index < -0.39 is 0 Å². The Morgan fingerprint density at radius 2 is 1.78 bits per heavy atom. The molecule has 1 aromatic heterocycles. The third-order valence-corrected chi connectivity index (χ3v) is 9.54. The second kappa shape index (κ2) is 8.92. The fourth-order valence-electron chi connectivity index (χ4n) is 7.93. The van der Waals surface area contributed by atoms with Gasteiger partial charge in [-0.25, -0.2) is 0 Å². The lowest BCUT2D eigenvalue weighted by molar-refractivity contribution is -0.145. The predicted octanol–water partition coefficient (Wildman–Crippen LogP) is 5.88. The van der Waals surface area contributed by atoms with E-state index in [1.54, 1.807) is 0 Å². The van der Waals surface area contributed by atoms with E-state index in [0.717, 1.165) is 37.5 Å². The Morgan fingerprint density at radius 1 is 0.972 bits per heavy atom. The van der Waals surface area contributed by atoms with Crippen LogP contribution in [0.15, 0.2) is 60.3 Å².